The quantitative estimate of drug-likeness (QED) is 0.904. The predicted molar refractivity (Wildman–Crippen MR) is 83.0 cm³/mol. The molecule has 116 valence electrons. The molecule has 21 heavy (non-hydrogen) atoms. The van der Waals surface area contributed by atoms with Gasteiger partial charge < -0.3 is 5.11 Å². The number of thioether (sulfide) groups is 1. The summed E-state index contributed by atoms with van der Waals surface area (Å²) in [4.78, 5) is 11.4. The molecule has 8 heteroatoms. The number of sulfonamides is 1. The third-order valence-electron chi connectivity index (χ3n) is 3.23. The highest BCUT2D eigenvalue weighted by atomic mass is 35.5. The Kier molecular flexibility index (Phi) is 4.87. The Morgan fingerprint density at radius 2 is 1.95 bits per heavy atom. The van der Waals surface area contributed by atoms with Crippen LogP contribution in [-0.2, 0) is 14.8 Å². The molecule has 0 bridgehead atoms. The summed E-state index contributed by atoms with van der Waals surface area (Å²) in [6.07, 6.45) is 0. The SMILES string of the molecule is CC(C)C1SCC(C(=O)O)N1S(=O)(=O)c1ccc(Cl)cc1. The first kappa shape index (κ1) is 16.6. The molecule has 1 aliphatic heterocycles. The number of nitrogens with zero attached hydrogens (tertiary/aromatic N) is 1. The van der Waals surface area contributed by atoms with Gasteiger partial charge in [0.2, 0.25) is 10.0 Å². The first-order chi connectivity index (χ1) is 9.75. The van der Waals surface area contributed by atoms with Gasteiger partial charge in [-0.3, -0.25) is 4.79 Å². The molecule has 5 nitrogen and oxygen atoms in total. The third kappa shape index (κ3) is 3.21. The fourth-order valence-corrected chi connectivity index (χ4v) is 6.06. The Morgan fingerprint density at radius 3 is 2.43 bits per heavy atom. The van der Waals surface area contributed by atoms with Gasteiger partial charge in [0.15, 0.2) is 0 Å². The Hall–Kier alpha value is -0.760. The number of carboxylic acids is 1. The van der Waals surface area contributed by atoms with E-state index >= 15 is 0 Å². The minimum Gasteiger partial charge on any atom is -0.480 e. The first-order valence-electron chi connectivity index (χ1n) is 6.38. The maximum atomic E-state index is 12.8. The number of carboxylic acid groups (broad SMARTS) is 1. The molecule has 1 fully saturated rings. The summed E-state index contributed by atoms with van der Waals surface area (Å²) in [6.45, 7) is 3.76. The van der Waals surface area contributed by atoms with Crippen LogP contribution in [0.1, 0.15) is 13.8 Å². The lowest BCUT2D eigenvalue weighted by molar-refractivity contribution is -0.140. The standard InChI is InChI=1S/C13H16ClNO4S2/c1-8(2)12-15(11(7-20-12)13(16)17)21(18,19)10-5-3-9(14)4-6-10/h3-6,8,11-12H,7H2,1-2H3,(H,16,17). The van der Waals surface area contributed by atoms with Crippen molar-refractivity contribution in [2.75, 3.05) is 5.75 Å². The van der Waals surface area contributed by atoms with Gasteiger partial charge in [0.25, 0.3) is 0 Å². The van der Waals surface area contributed by atoms with E-state index in [-0.39, 0.29) is 21.9 Å². The molecular weight excluding hydrogens is 334 g/mol. The van der Waals surface area contributed by atoms with Crippen molar-refractivity contribution in [3.05, 3.63) is 29.3 Å². The van der Waals surface area contributed by atoms with Crippen LogP contribution in [0.15, 0.2) is 29.2 Å². The van der Waals surface area contributed by atoms with E-state index in [2.05, 4.69) is 0 Å². The molecule has 1 heterocycles. The van der Waals surface area contributed by atoms with E-state index in [1.165, 1.54) is 36.0 Å². The van der Waals surface area contributed by atoms with Crippen molar-refractivity contribution in [1.82, 2.24) is 4.31 Å². The lowest BCUT2D eigenvalue weighted by Crippen LogP contribution is -2.46. The van der Waals surface area contributed by atoms with Crippen LogP contribution in [0.5, 0.6) is 0 Å². The largest absolute Gasteiger partial charge is 0.480 e. The van der Waals surface area contributed by atoms with Crippen LogP contribution in [0, 0.1) is 5.92 Å². The highest BCUT2D eigenvalue weighted by Gasteiger charge is 2.47. The summed E-state index contributed by atoms with van der Waals surface area (Å²) in [7, 11) is -3.87. The zero-order valence-corrected chi connectivity index (χ0v) is 14.0. The Labute approximate surface area is 133 Å². The van der Waals surface area contributed by atoms with E-state index in [4.69, 9.17) is 11.6 Å². The van der Waals surface area contributed by atoms with E-state index in [0.29, 0.717) is 5.02 Å². The Balaban J connectivity index is 2.47. The Bertz CT molecular complexity index is 630. The van der Waals surface area contributed by atoms with Crippen molar-refractivity contribution in [3.63, 3.8) is 0 Å². The van der Waals surface area contributed by atoms with Gasteiger partial charge in [-0.25, -0.2) is 8.42 Å². The van der Waals surface area contributed by atoms with Crippen molar-refractivity contribution in [2.24, 2.45) is 5.92 Å². The summed E-state index contributed by atoms with van der Waals surface area (Å²) >= 11 is 7.13. The zero-order valence-electron chi connectivity index (χ0n) is 11.6. The molecular formula is C13H16ClNO4S2. The van der Waals surface area contributed by atoms with Gasteiger partial charge in [0.1, 0.15) is 6.04 Å². The zero-order chi connectivity index (χ0) is 15.8. The number of hydrogen-bond acceptors (Lipinski definition) is 4. The summed E-state index contributed by atoms with van der Waals surface area (Å²) in [5.74, 6) is -0.852. The van der Waals surface area contributed by atoms with Crippen molar-refractivity contribution < 1.29 is 18.3 Å². The number of carbonyl (C=O) groups is 1. The second kappa shape index (κ2) is 6.16. The topological polar surface area (TPSA) is 74.7 Å². The molecule has 2 unspecified atom stereocenters. The van der Waals surface area contributed by atoms with Crippen LogP contribution in [0.25, 0.3) is 0 Å². The van der Waals surface area contributed by atoms with E-state index in [1.54, 1.807) is 0 Å². The molecule has 1 saturated heterocycles. The van der Waals surface area contributed by atoms with Crippen molar-refractivity contribution in [3.8, 4) is 0 Å². The molecule has 1 aromatic carbocycles. The molecule has 1 N–H and O–H groups in total. The van der Waals surface area contributed by atoms with E-state index in [9.17, 15) is 18.3 Å². The molecule has 0 aliphatic carbocycles. The molecule has 1 aromatic rings. The molecule has 2 rings (SSSR count). The average molecular weight is 350 g/mol. The summed E-state index contributed by atoms with van der Waals surface area (Å²) in [5.41, 5.74) is 0. The van der Waals surface area contributed by atoms with Gasteiger partial charge in [-0.2, -0.15) is 4.31 Å². The molecule has 0 saturated carbocycles. The van der Waals surface area contributed by atoms with Gasteiger partial charge in [-0.05, 0) is 30.2 Å². The van der Waals surface area contributed by atoms with Gasteiger partial charge in [0, 0.05) is 10.8 Å². The lowest BCUT2D eigenvalue weighted by atomic mass is 10.2. The maximum Gasteiger partial charge on any atom is 0.322 e. The summed E-state index contributed by atoms with van der Waals surface area (Å²) in [5, 5.41) is 9.34. The lowest BCUT2D eigenvalue weighted by Gasteiger charge is -2.28. The van der Waals surface area contributed by atoms with E-state index in [1.807, 2.05) is 13.8 Å². The number of aliphatic carboxylic acids is 1. The number of rotatable bonds is 4. The molecule has 0 radical (unpaired) electrons. The second-order valence-electron chi connectivity index (χ2n) is 5.11. The van der Waals surface area contributed by atoms with E-state index in [0.717, 1.165) is 4.31 Å². The predicted octanol–water partition coefficient (Wildman–Crippen LogP) is 2.51. The minimum atomic E-state index is -3.87. The van der Waals surface area contributed by atoms with Gasteiger partial charge in [0.05, 0.1) is 10.3 Å². The third-order valence-corrected chi connectivity index (χ3v) is 7.14. The van der Waals surface area contributed by atoms with Crippen LogP contribution in [0.3, 0.4) is 0 Å². The maximum absolute atomic E-state index is 12.8. The summed E-state index contributed by atoms with van der Waals surface area (Å²) < 4.78 is 26.7. The first-order valence-corrected chi connectivity index (χ1v) is 9.25. The van der Waals surface area contributed by atoms with Crippen molar-refractivity contribution in [2.45, 2.75) is 30.2 Å². The van der Waals surface area contributed by atoms with Crippen molar-refractivity contribution in [1.29, 1.82) is 0 Å². The fourth-order valence-electron chi connectivity index (χ4n) is 2.21. The van der Waals surface area contributed by atoms with Crippen LogP contribution in [0.2, 0.25) is 5.02 Å². The Morgan fingerprint density at radius 1 is 1.38 bits per heavy atom. The number of hydrogen-bond donors (Lipinski definition) is 1. The highest BCUT2D eigenvalue weighted by Crippen LogP contribution is 2.38. The van der Waals surface area contributed by atoms with Crippen LogP contribution < -0.4 is 0 Å². The molecule has 1 aliphatic rings. The van der Waals surface area contributed by atoms with Crippen LogP contribution in [0.4, 0.5) is 0 Å². The monoisotopic (exact) mass is 349 g/mol. The number of benzene rings is 1. The summed E-state index contributed by atoms with van der Waals surface area (Å²) in [6, 6.07) is 4.73. The molecule has 0 aromatic heterocycles. The fraction of sp³-hybridized carbons (Fsp3) is 0.462. The number of halogens is 1. The molecule has 0 amide bonds. The van der Waals surface area contributed by atoms with E-state index < -0.39 is 22.0 Å². The molecule has 0 spiro atoms. The molecule has 2 atom stereocenters. The average Bonchev–Trinajstić information content (AvgIpc) is 2.84. The minimum absolute atomic E-state index is 0.0152. The highest BCUT2D eigenvalue weighted by molar-refractivity contribution is 8.01. The van der Waals surface area contributed by atoms with Gasteiger partial charge >= 0.3 is 5.97 Å². The van der Waals surface area contributed by atoms with Gasteiger partial charge in [-0.15, -0.1) is 11.8 Å². The van der Waals surface area contributed by atoms with Crippen LogP contribution >= 0.6 is 23.4 Å². The van der Waals surface area contributed by atoms with Crippen LogP contribution in [-0.4, -0.2) is 41.0 Å². The van der Waals surface area contributed by atoms with Crippen molar-refractivity contribution >= 4 is 39.4 Å². The second-order valence-corrected chi connectivity index (χ2v) is 8.54. The smallest absolute Gasteiger partial charge is 0.322 e. The van der Waals surface area contributed by atoms with Gasteiger partial charge in [-0.1, -0.05) is 25.4 Å². The normalized spacial score (nSPS) is 23.6.